The summed E-state index contributed by atoms with van der Waals surface area (Å²) in [6, 6.07) is -1.00. The third-order valence-electron chi connectivity index (χ3n) is 5.24. The second kappa shape index (κ2) is 11.6. The van der Waals surface area contributed by atoms with Crippen molar-refractivity contribution in [3.63, 3.8) is 0 Å². The fraction of sp³-hybridized carbons (Fsp3) is 0.750. The van der Waals surface area contributed by atoms with E-state index in [0.717, 1.165) is 38.8 Å². The zero-order valence-electron chi connectivity index (χ0n) is 17.6. The molecule has 1 aromatic heterocycles. The first-order valence-corrected chi connectivity index (χ1v) is 10.6. The minimum Gasteiger partial charge on any atom is -0.347 e. The van der Waals surface area contributed by atoms with Gasteiger partial charge >= 0.3 is 0 Å². The number of rotatable bonds is 11. The van der Waals surface area contributed by atoms with Crippen LogP contribution in [0.5, 0.6) is 0 Å². The smallest absolute Gasteiger partial charge is 0.239 e. The average Bonchev–Trinajstić information content (AvgIpc) is 3.16. The number of nitrogens with one attached hydrogen (secondary N) is 1. The van der Waals surface area contributed by atoms with Crippen molar-refractivity contribution in [2.45, 2.75) is 83.8 Å². The van der Waals surface area contributed by atoms with E-state index in [4.69, 9.17) is 5.73 Å². The number of amides is 2. The quantitative estimate of drug-likeness (QED) is 0.524. The van der Waals surface area contributed by atoms with Gasteiger partial charge in [0.25, 0.3) is 0 Å². The monoisotopic (exact) mass is 406 g/mol. The molecule has 3 N–H and O–H groups in total. The summed E-state index contributed by atoms with van der Waals surface area (Å²) in [5.74, 6) is -0.146. The molecule has 162 valence electrons. The topological polar surface area (TPSA) is 123 Å². The molecule has 0 spiro atoms. The molecule has 2 heterocycles. The number of aryl methyl sites for hydroxylation is 1. The molecule has 2 amide bonds. The summed E-state index contributed by atoms with van der Waals surface area (Å²) >= 11 is 0. The van der Waals surface area contributed by atoms with Gasteiger partial charge in [0.1, 0.15) is 0 Å². The van der Waals surface area contributed by atoms with Crippen molar-refractivity contribution in [1.82, 2.24) is 25.2 Å². The van der Waals surface area contributed by atoms with Gasteiger partial charge < -0.3 is 16.0 Å². The molecule has 9 heteroatoms. The summed E-state index contributed by atoms with van der Waals surface area (Å²) in [4.78, 5) is 37.4. The maximum Gasteiger partial charge on any atom is 0.239 e. The Bertz CT molecular complexity index is 684. The van der Waals surface area contributed by atoms with Crippen LogP contribution in [0.2, 0.25) is 0 Å². The molecule has 0 bridgehead atoms. The van der Waals surface area contributed by atoms with E-state index in [0.29, 0.717) is 31.5 Å². The lowest BCUT2D eigenvalue weighted by Gasteiger charge is -2.28. The van der Waals surface area contributed by atoms with Crippen LogP contribution in [0.15, 0.2) is 6.20 Å². The van der Waals surface area contributed by atoms with Crippen LogP contribution in [0.3, 0.4) is 0 Å². The predicted octanol–water partition coefficient (Wildman–Crippen LogP) is 0.815. The number of hydrogen-bond acceptors (Lipinski definition) is 6. The van der Waals surface area contributed by atoms with Crippen molar-refractivity contribution in [3.05, 3.63) is 11.9 Å². The van der Waals surface area contributed by atoms with Crippen molar-refractivity contribution < 1.29 is 14.4 Å². The number of carbonyl (C=O) groups is 3. The van der Waals surface area contributed by atoms with E-state index in [1.54, 1.807) is 11.6 Å². The highest BCUT2D eigenvalue weighted by molar-refractivity contribution is 5.88. The summed E-state index contributed by atoms with van der Waals surface area (Å²) in [5.41, 5.74) is 6.80. The minimum absolute atomic E-state index is 0.0103. The van der Waals surface area contributed by atoms with Crippen LogP contribution in [-0.4, -0.2) is 62.7 Å². The molecule has 1 aromatic rings. The standard InChI is InChI=1S/C20H34N6O3/c1-3-19(28)18(22-15(2)27)9-5-8-12-26-14-16(23-24-26)13-17(21)20(29)25-10-6-4-7-11-25/h14,17-18H,3-13,21H2,1-2H3,(H,22,27)/t17-,18?/m1/s1. The first-order chi connectivity index (χ1) is 13.9. The number of ketones is 1. The summed E-state index contributed by atoms with van der Waals surface area (Å²) in [7, 11) is 0. The van der Waals surface area contributed by atoms with Crippen LogP contribution in [0.1, 0.15) is 64.5 Å². The lowest BCUT2D eigenvalue weighted by Crippen LogP contribution is -2.46. The molecule has 1 fully saturated rings. The summed E-state index contributed by atoms with van der Waals surface area (Å²) in [6.45, 7) is 5.47. The third kappa shape index (κ3) is 7.56. The summed E-state index contributed by atoms with van der Waals surface area (Å²) in [6.07, 6.45) is 8.09. The largest absolute Gasteiger partial charge is 0.347 e. The predicted molar refractivity (Wildman–Crippen MR) is 109 cm³/mol. The first-order valence-electron chi connectivity index (χ1n) is 10.6. The Morgan fingerprint density at radius 2 is 1.93 bits per heavy atom. The van der Waals surface area contributed by atoms with E-state index in [9.17, 15) is 14.4 Å². The molecule has 0 aromatic carbocycles. The van der Waals surface area contributed by atoms with Gasteiger partial charge in [-0.3, -0.25) is 19.1 Å². The van der Waals surface area contributed by atoms with Gasteiger partial charge in [-0.1, -0.05) is 12.1 Å². The van der Waals surface area contributed by atoms with Gasteiger partial charge in [0, 0.05) is 45.6 Å². The Balaban J connectivity index is 1.74. The number of unbranched alkanes of at least 4 members (excludes halogenated alkanes) is 1. The highest BCUT2D eigenvalue weighted by Gasteiger charge is 2.23. The van der Waals surface area contributed by atoms with Crippen molar-refractivity contribution >= 4 is 17.6 Å². The van der Waals surface area contributed by atoms with Crippen molar-refractivity contribution in [1.29, 1.82) is 0 Å². The highest BCUT2D eigenvalue weighted by atomic mass is 16.2. The van der Waals surface area contributed by atoms with Crippen LogP contribution < -0.4 is 11.1 Å². The van der Waals surface area contributed by atoms with Crippen LogP contribution in [0, 0.1) is 0 Å². The number of nitrogens with two attached hydrogens (primary N) is 1. The van der Waals surface area contributed by atoms with E-state index < -0.39 is 12.1 Å². The number of carbonyl (C=O) groups excluding carboxylic acids is 3. The molecule has 1 aliphatic rings. The van der Waals surface area contributed by atoms with Crippen molar-refractivity contribution in [3.8, 4) is 0 Å². The molecular weight excluding hydrogens is 372 g/mol. The maximum absolute atomic E-state index is 12.4. The van der Waals surface area contributed by atoms with Crippen LogP contribution in [-0.2, 0) is 27.3 Å². The molecule has 29 heavy (non-hydrogen) atoms. The number of piperidine rings is 1. The number of likely N-dealkylation sites (tertiary alicyclic amines) is 1. The van der Waals surface area contributed by atoms with E-state index in [-0.39, 0.29) is 17.6 Å². The minimum atomic E-state index is -0.586. The lowest BCUT2D eigenvalue weighted by atomic mass is 10.0. The van der Waals surface area contributed by atoms with E-state index in [1.807, 2.05) is 11.1 Å². The number of aromatic nitrogens is 3. The molecule has 2 atom stereocenters. The normalized spacial score (nSPS) is 16.3. The second-order valence-electron chi connectivity index (χ2n) is 7.74. The molecule has 1 saturated heterocycles. The molecule has 0 aliphatic carbocycles. The zero-order valence-corrected chi connectivity index (χ0v) is 17.6. The highest BCUT2D eigenvalue weighted by Crippen LogP contribution is 2.11. The van der Waals surface area contributed by atoms with Crippen molar-refractivity contribution in [2.24, 2.45) is 5.73 Å². The molecule has 2 rings (SSSR count). The Kier molecular flexibility index (Phi) is 9.24. The van der Waals surface area contributed by atoms with Gasteiger partial charge in [0.2, 0.25) is 11.8 Å². The molecule has 1 unspecified atom stereocenters. The number of Topliss-reactive ketones (excluding diaryl/α,β-unsaturated/α-hetero) is 1. The molecule has 0 radical (unpaired) electrons. The fourth-order valence-corrected chi connectivity index (χ4v) is 3.63. The Labute approximate surface area is 172 Å². The van der Waals surface area contributed by atoms with Crippen LogP contribution in [0.4, 0.5) is 0 Å². The van der Waals surface area contributed by atoms with E-state index in [1.165, 1.54) is 13.3 Å². The van der Waals surface area contributed by atoms with Crippen LogP contribution >= 0.6 is 0 Å². The average molecular weight is 407 g/mol. The van der Waals surface area contributed by atoms with E-state index >= 15 is 0 Å². The van der Waals surface area contributed by atoms with Gasteiger partial charge in [0.05, 0.1) is 17.8 Å². The SMILES string of the molecule is CCC(=O)C(CCCCn1cc(C[C@@H](N)C(=O)N2CCCCC2)nn1)NC(C)=O. The van der Waals surface area contributed by atoms with Crippen molar-refractivity contribution in [2.75, 3.05) is 13.1 Å². The first kappa shape index (κ1) is 23.0. The van der Waals surface area contributed by atoms with Gasteiger partial charge in [-0.15, -0.1) is 5.10 Å². The molecular formula is C20H34N6O3. The number of nitrogens with zero attached hydrogens (tertiary/aromatic N) is 4. The Hall–Kier alpha value is -2.29. The van der Waals surface area contributed by atoms with Gasteiger partial charge in [-0.25, -0.2) is 0 Å². The van der Waals surface area contributed by atoms with E-state index in [2.05, 4.69) is 15.6 Å². The maximum atomic E-state index is 12.4. The third-order valence-corrected chi connectivity index (χ3v) is 5.24. The van der Waals surface area contributed by atoms with Gasteiger partial charge in [-0.05, 0) is 38.5 Å². The van der Waals surface area contributed by atoms with Gasteiger partial charge in [0.15, 0.2) is 5.78 Å². The summed E-state index contributed by atoms with van der Waals surface area (Å²) < 4.78 is 1.74. The molecule has 0 saturated carbocycles. The second-order valence-corrected chi connectivity index (χ2v) is 7.74. The Morgan fingerprint density at radius 1 is 1.21 bits per heavy atom. The zero-order chi connectivity index (χ0) is 21.2. The summed E-state index contributed by atoms with van der Waals surface area (Å²) in [5, 5.41) is 11.0. The van der Waals surface area contributed by atoms with Gasteiger partial charge in [-0.2, -0.15) is 0 Å². The fourth-order valence-electron chi connectivity index (χ4n) is 3.63. The molecule has 1 aliphatic heterocycles. The van der Waals surface area contributed by atoms with Crippen LogP contribution in [0.25, 0.3) is 0 Å². The molecule has 9 nitrogen and oxygen atoms in total. The number of hydrogen-bond donors (Lipinski definition) is 2. The Morgan fingerprint density at radius 3 is 2.59 bits per heavy atom. The lowest BCUT2D eigenvalue weighted by molar-refractivity contribution is -0.133.